The van der Waals surface area contributed by atoms with Crippen molar-refractivity contribution in [2.75, 3.05) is 6.61 Å². The molecule has 0 unspecified atom stereocenters. The van der Waals surface area contributed by atoms with E-state index in [2.05, 4.69) is 28.0 Å². The molecule has 0 spiro atoms. The number of hydrogen-bond donors (Lipinski definition) is 2. The predicted octanol–water partition coefficient (Wildman–Crippen LogP) is 8.38. The van der Waals surface area contributed by atoms with E-state index >= 15 is 0 Å². The molecule has 0 bridgehead atoms. The molecule has 3 aromatic rings. The van der Waals surface area contributed by atoms with E-state index < -0.39 is 16.7 Å². The summed E-state index contributed by atoms with van der Waals surface area (Å²) in [7, 11) is 0. The SMILES string of the molecule is CCCCCCCCCCCCOc1ccc(N=Nc2ccc(C(=O)NNC(=O)c3ccc([N+](=O)[O-])cc3)cc2)cc1. The van der Waals surface area contributed by atoms with E-state index in [0.717, 1.165) is 12.2 Å². The number of amides is 2. The van der Waals surface area contributed by atoms with Crippen LogP contribution in [0.3, 0.4) is 0 Å². The number of nitrogens with one attached hydrogen (secondary N) is 2. The molecule has 0 aliphatic rings. The number of hydrazine groups is 1. The lowest BCUT2D eigenvalue weighted by Crippen LogP contribution is -2.41. The number of carbonyl (C=O) groups is 2. The largest absolute Gasteiger partial charge is 0.494 e. The number of unbranched alkanes of at least 4 members (excludes halogenated alkanes) is 9. The zero-order valence-electron chi connectivity index (χ0n) is 24.1. The van der Waals surface area contributed by atoms with Crippen LogP contribution in [0, 0.1) is 10.1 Å². The Bertz CT molecular complexity index is 1290. The highest BCUT2D eigenvalue weighted by Crippen LogP contribution is 2.22. The Morgan fingerprint density at radius 3 is 1.57 bits per heavy atom. The molecule has 0 saturated carbocycles. The third-order valence-electron chi connectivity index (χ3n) is 6.64. The van der Waals surface area contributed by atoms with Gasteiger partial charge in [-0.3, -0.25) is 30.6 Å². The molecule has 0 radical (unpaired) electrons. The lowest BCUT2D eigenvalue weighted by Gasteiger charge is -2.07. The molecule has 10 heteroatoms. The molecule has 0 fully saturated rings. The Kier molecular flexibility index (Phi) is 13.6. The first-order valence-electron chi connectivity index (χ1n) is 14.6. The highest BCUT2D eigenvalue weighted by molar-refractivity contribution is 5.99. The molecule has 0 aliphatic heterocycles. The summed E-state index contributed by atoms with van der Waals surface area (Å²) < 4.78 is 5.84. The summed E-state index contributed by atoms with van der Waals surface area (Å²) in [6, 6.07) is 18.9. The van der Waals surface area contributed by atoms with Gasteiger partial charge >= 0.3 is 0 Å². The van der Waals surface area contributed by atoms with Crippen molar-refractivity contribution in [3.63, 3.8) is 0 Å². The van der Waals surface area contributed by atoms with Gasteiger partial charge in [0.05, 0.1) is 22.9 Å². The van der Waals surface area contributed by atoms with Gasteiger partial charge < -0.3 is 4.74 Å². The fraction of sp³-hybridized carbons (Fsp3) is 0.375. The van der Waals surface area contributed by atoms with Crippen LogP contribution in [0.15, 0.2) is 83.0 Å². The molecule has 2 N–H and O–H groups in total. The van der Waals surface area contributed by atoms with Gasteiger partial charge in [0.2, 0.25) is 0 Å². The summed E-state index contributed by atoms with van der Waals surface area (Å²) in [5, 5.41) is 19.2. The first-order valence-corrected chi connectivity index (χ1v) is 14.6. The zero-order chi connectivity index (χ0) is 30.0. The molecule has 0 atom stereocenters. The Balaban J connectivity index is 1.34. The highest BCUT2D eigenvalue weighted by atomic mass is 16.6. The smallest absolute Gasteiger partial charge is 0.269 e. The summed E-state index contributed by atoms with van der Waals surface area (Å²) in [6.07, 6.45) is 12.9. The summed E-state index contributed by atoms with van der Waals surface area (Å²) in [5.41, 5.74) is 6.18. The van der Waals surface area contributed by atoms with Crippen LogP contribution >= 0.6 is 0 Å². The van der Waals surface area contributed by atoms with Crippen molar-refractivity contribution in [3.8, 4) is 5.75 Å². The maximum Gasteiger partial charge on any atom is 0.269 e. The molecular formula is C32H39N5O5. The number of nitro benzene ring substituents is 1. The molecule has 2 amide bonds. The minimum atomic E-state index is -0.598. The number of nitrogens with zero attached hydrogens (tertiary/aromatic N) is 3. The number of hydrogen-bond acceptors (Lipinski definition) is 7. The minimum Gasteiger partial charge on any atom is -0.494 e. The van der Waals surface area contributed by atoms with Gasteiger partial charge in [-0.2, -0.15) is 10.2 Å². The van der Waals surface area contributed by atoms with Gasteiger partial charge in [-0.25, -0.2) is 0 Å². The predicted molar refractivity (Wildman–Crippen MR) is 162 cm³/mol. The monoisotopic (exact) mass is 573 g/mol. The van der Waals surface area contributed by atoms with Crippen molar-refractivity contribution in [2.24, 2.45) is 10.2 Å². The maximum atomic E-state index is 12.4. The average molecular weight is 574 g/mol. The number of carbonyl (C=O) groups excluding carboxylic acids is 2. The van der Waals surface area contributed by atoms with Gasteiger partial charge in [-0.15, -0.1) is 0 Å². The van der Waals surface area contributed by atoms with Crippen molar-refractivity contribution >= 4 is 28.9 Å². The zero-order valence-corrected chi connectivity index (χ0v) is 24.1. The Morgan fingerprint density at radius 2 is 1.10 bits per heavy atom. The molecule has 3 rings (SSSR count). The number of non-ortho nitro benzene ring substituents is 1. The summed E-state index contributed by atoms with van der Waals surface area (Å²) >= 11 is 0. The van der Waals surface area contributed by atoms with E-state index in [1.54, 1.807) is 24.3 Å². The number of nitro groups is 1. The number of azo groups is 1. The first kappa shape index (κ1) is 31.9. The standard InChI is InChI=1S/C32H39N5O5/c1-2-3-4-5-6-7-8-9-10-11-24-42-30-22-18-28(19-23-30)34-33-27-16-12-25(13-17-27)31(38)35-36-32(39)26-14-20-29(21-15-26)37(40)41/h12-23H,2-11,24H2,1H3,(H,35,38)(H,36,39). The van der Waals surface area contributed by atoms with Crippen LogP contribution in [0.4, 0.5) is 17.1 Å². The van der Waals surface area contributed by atoms with Crippen molar-refractivity contribution in [1.82, 2.24) is 10.9 Å². The topological polar surface area (TPSA) is 135 Å². The van der Waals surface area contributed by atoms with E-state index in [1.165, 1.54) is 82.1 Å². The fourth-order valence-corrected chi connectivity index (χ4v) is 4.18. The van der Waals surface area contributed by atoms with Crippen molar-refractivity contribution in [1.29, 1.82) is 0 Å². The van der Waals surface area contributed by atoms with Crippen LogP contribution in [-0.2, 0) is 0 Å². The molecule has 3 aromatic carbocycles. The Hall–Kier alpha value is -4.60. The summed E-state index contributed by atoms with van der Waals surface area (Å²) in [4.78, 5) is 34.7. The van der Waals surface area contributed by atoms with Crippen molar-refractivity contribution in [2.45, 2.75) is 71.1 Å². The van der Waals surface area contributed by atoms with Crippen LogP contribution < -0.4 is 15.6 Å². The van der Waals surface area contributed by atoms with Crippen LogP contribution in [0.25, 0.3) is 0 Å². The number of rotatable bonds is 17. The van der Waals surface area contributed by atoms with Gasteiger partial charge in [-0.1, -0.05) is 64.7 Å². The van der Waals surface area contributed by atoms with E-state index in [-0.39, 0.29) is 11.3 Å². The molecule has 222 valence electrons. The molecule has 10 nitrogen and oxygen atoms in total. The molecular weight excluding hydrogens is 534 g/mol. The van der Waals surface area contributed by atoms with Gasteiger partial charge in [0.25, 0.3) is 17.5 Å². The van der Waals surface area contributed by atoms with Gasteiger partial charge in [0.15, 0.2) is 0 Å². The van der Waals surface area contributed by atoms with E-state index in [0.29, 0.717) is 23.5 Å². The second kappa shape index (κ2) is 18.0. The Labute approximate surface area is 246 Å². The van der Waals surface area contributed by atoms with E-state index in [9.17, 15) is 19.7 Å². The van der Waals surface area contributed by atoms with Gasteiger partial charge in [0, 0.05) is 23.3 Å². The van der Waals surface area contributed by atoms with E-state index in [1.807, 2.05) is 24.3 Å². The quantitative estimate of drug-likeness (QED) is 0.0723. The molecule has 0 saturated heterocycles. The van der Waals surface area contributed by atoms with Crippen LogP contribution in [0.2, 0.25) is 0 Å². The summed E-state index contributed by atoms with van der Waals surface area (Å²) in [6.45, 7) is 2.96. The van der Waals surface area contributed by atoms with Crippen LogP contribution in [0.1, 0.15) is 91.8 Å². The van der Waals surface area contributed by atoms with Crippen molar-refractivity contribution < 1.29 is 19.2 Å². The second-order valence-corrected chi connectivity index (χ2v) is 9.98. The van der Waals surface area contributed by atoms with Crippen molar-refractivity contribution in [3.05, 3.63) is 94.0 Å². The normalized spacial score (nSPS) is 10.9. The van der Waals surface area contributed by atoms with Crippen LogP contribution in [-0.4, -0.2) is 23.3 Å². The second-order valence-electron chi connectivity index (χ2n) is 9.98. The van der Waals surface area contributed by atoms with E-state index in [4.69, 9.17) is 4.74 Å². The lowest BCUT2D eigenvalue weighted by atomic mass is 10.1. The Morgan fingerprint density at radius 1 is 0.667 bits per heavy atom. The van der Waals surface area contributed by atoms with Crippen LogP contribution in [0.5, 0.6) is 5.75 Å². The van der Waals surface area contributed by atoms with Gasteiger partial charge in [0.1, 0.15) is 5.75 Å². The number of ether oxygens (including phenoxy) is 1. The summed E-state index contributed by atoms with van der Waals surface area (Å²) in [5.74, 6) is -0.318. The molecule has 0 aliphatic carbocycles. The maximum absolute atomic E-state index is 12.4. The first-order chi connectivity index (χ1) is 20.5. The highest BCUT2D eigenvalue weighted by Gasteiger charge is 2.11. The third kappa shape index (κ3) is 11.5. The third-order valence-corrected chi connectivity index (χ3v) is 6.64. The van der Waals surface area contributed by atoms with Gasteiger partial charge in [-0.05, 0) is 67.1 Å². The molecule has 0 aromatic heterocycles. The number of benzene rings is 3. The molecule has 42 heavy (non-hydrogen) atoms. The minimum absolute atomic E-state index is 0.131. The average Bonchev–Trinajstić information content (AvgIpc) is 3.02. The molecule has 0 heterocycles. The fourth-order valence-electron chi connectivity index (χ4n) is 4.18. The lowest BCUT2D eigenvalue weighted by molar-refractivity contribution is -0.384.